The lowest BCUT2D eigenvalue weighted by Crippen LogP contribution is -2.11. The van der Waals surface area contributed by atoms with Crippen molar-refractivity contribution in [2.45, 2.75) is 0 Å². The van der Waals surface area contributed by atoms with Gasteiger partial charge in [0, 0.05) is 22.3 Å². The summed E-state index contributed by atoms with van der Waals surface area (Å²) in [5.74, 6) is 0. The Morgan fingerprint density at radius 3 is 1.23 bits per heavy atom. The fourth-order valence-electron chi connectivity index (χ4n) is 3.17. The smallest absolute Gasteiger partial charge is 0.131 e. The zero-order valence-electron chi connectivity index (χ0n) is 17.0. The normalized spacial score (nSPS) is 10.5. The van der Waals surface area contributed by atoms with Crippen LogP contribution >= 0.6 is 0 Å². The molecule has 0 fully saturated rings. The monoisotopic (exact) mass is 402 g/mol. The summed E-state index contributed by atoms with van der Waals surface area (Å²) in [4.78, 5) is 0. The van der Waals surface area contributed by atoms with Crippen molar-refractivity contribution in [3.05, 3.63) is 144 Å². The molecule has 0 saturated carbocycles. The lowest BCUT2D eigenvalue weighted by Gasteiger charge is -2.07. The molecular formula is C27H22N4. The maximum Gasteiger partial charge on any atom is 0.131 e. The van der Waals surface area contributed by atoms with Crippen LogP contribution in [0, 0.1) is 0 Å². The maximum atomic E-state index is 4.55. The molecule has 0 saturated heterocycles. The Balaban J connectivity index is 1.59. The number of hydrogen-bond donors (Lipinski definition) is 1. The van der Waals surface area contributed by atoms with Crippen LogP contribution in [0.4, 0.5) is 0 Å². The third-order valence-electron chi connectivity index (χ3n) is 4.64. The summed E-state index contributed by atoms with van der Waals surface area (Å²) in [5.41, 5.74) is 8.61. The molecule has 0 amide bonds. The van der Waals surface area contributed by atoms with E-state index in [-0.39, 0.29) is 0 Å². The van der Waals surface area contributed by atoms with Gasteiger partial charge in [0.1, 0.15) is 12.1 Å². The van der Waals surface area contributed by atoms with E-state index in [2.05, 4.69) is 20.7 Å². The summed E-state index contributed by atoms with van der Waals surface area (Å²) in [6.45, 7) is 0. The molecule has 4 rings (SSSR count). The number of nitrogens with zero attached hydrogens (tertiary/aromatic N) is 3. The van der Waals surface area contributed by atoms with Gasteiger partial charge in [-0.15, -0.1) is 10.2 Å². The van der Waals surface area contributed by atoms with Crippen LogP contribution in [0.2, 0.25) is 0 Å². The third-order valence-corrected chi connectivity index (χ3v) is 4.64. The maximum absolute atomic E-state index is 4.55. The summed E-state index contributed by atoms with van der Waals surface area (Å²) in [6.07, 6.45) is 1.50. The van der Waals surface area contributed by atoms with E-state index >= 15 is 0 Å². The van der Waals surface area contributed by atoms with E-state index in [1.54, 1.807) is 0 Å². The molecule has 150 valence electrons. The number of hydrazone groups is 1. The van der Waals surface area contributed by atoms with Gasteiger partial charge in [-0.1, -0.05) is 121 Å². The van der Waals surface area contributed by atoms with Crippen LogP contribution in [0.5, 0.6) is 0 Å². The average molecular weight is 403 g/mol. The molecule has 0 radical (unpaired) electrons. The number of nitrogens with one attached hydrogen (secondary N) is 1. The Morgan fingerprint density at radius 2 is 0.839 bits per heavy atom. The van der Waals surface area contributed by atoms with Crippen molar-refractivity contribution >= 4 is 17.8 Å². The van der Waals surface area contributed by atoms with Gasteiger partial charge in [0.25, 0.3) is 0 Å². The van der Waals surface area contributed by atoms with Crippen LogP contribution in [-0.4, -0.2) is 17.8 Å². The first-order chi connectivity index (χ1) is 15.4. The topological polar surface area (TPSA) is 49.1 Å². The van der Waals surface area contributed by atoms with Crippen LogP contribution in [-0.2, 0) is 0 Å². The first-order valence-corrected chi connectivity index (χ1v) is 10.1. The van der Waals surface area contributed by atoms with Gasteiger partial charge in [0.2, 0.25) is 0 Å². The predicted octanol–water partition coefficient (Wildman–Crippen LogP) is 5.51. The molecule has 31 heavy (non-hydrogen) atoms. The summed E-state index contributed by atoms with van der Waals surface area (Å²) in [6, 6.07) is 40.1. The highest BCUT2D eigenvalue weighted by Gasteiger charge is 2.07. The molecule has 0 heterocycles. The molecule has 0 aliphatic carbocycles. The summed E-state index contributed by atoms with van der Waals surface area (Å²) < 4.78 is 0. The first-order valence-electron chi connectivity index (χ1n) is 10.1. The molecule has 4 heteroatoms. The molecule has 0 aliphatic heterocycles. The lowest BCUT2D eigenvalue weighted by atomic mass is 10.0. The van der Waals surface area contributed by atoms with E-state index in [9.17, 15) is 0 Å². The molecule has 0 bridgehead atoms. The van der Waals surface area contributed by atoms with Crippen molar-refractivity contribution in [2.75, 3.05) is 0 Å². The molecule has 0 atom stereocenters. The summed E-state index contributed by atoms with van der Waals surface area (Å²) >= 11 is 0. The molecule has 4 aromatic rings. The highest BCUT2D eigenvalue weighted by atomic mass is 15.3. The van der Waals surface area contributed by atoms with E-state index in [1.165, 1.54) is 6.34 Å². The van der Waals surface area contributed by atoms with Crippen LogP contribution < -0.4 is 5.43 Å². The Kier molecular flexibility index (Phi) is 6.74. The zero-order valence-corrected chi connectivity index (χ0v) is 17.0. The molecule has 4 nitrogen and oxygen atoms in total. The molecule has 0 spiro atoms. The van der Waals surface area contributed by atoms with Crippen LogP contribution in [0.25, 0.3) is 0 Å². The van der Waals surface area contributed by atoms with Gasteiger partial charge in [0.15, 0.2) is 0 Å². The molecule has 1 N–H and O–H groups in total. The fraction of sp³-hybridized carbons (Fsp3) is 0. The fourth-order valence-corrected chi connectivity index (χ4v) is 3.17. The minimum Gasteiger partial charge on any atom is -0.265 e. The van der Waals surface area contributed by atoms with Crippen molar-refractivity contribution in [1.29, 1.82) is 0 Å². The SMILES string of the molecule is C(=N\N=C(c1ccccc1)c1ccccc1)/NN=C(c1ccccc1)c1ccccc1. The quantitative estimate of drug-likeness (QED) is 0.247. The van der Waals surface area contributed by atoms with Gasteiger partial charge < -0.3 is 0 Å². The Labute approximate surface area is 182 Å². The molecular weight excluding hydrogens is 380 g/mol. The van der Waals surface area contributed by atoms with Gasteiger partial charge in [-0.25, -0.2) is 0 Å². The van der Waals surface area contributed by atoms with Crippen LogP contribution in [0.3, 0.4) is 0 Å². The van der Waals surface area contributed by atoms with Crippen LogP contribution in [0.15, 0.2) is 137 Å². The molecule has 4 aromatic carbocycles. The number of hydrogen-bond acceptors (Lipinski definition) is 3. The second kappa shape index (κ2) is 10.5. The van der Waals surface area contributed by atoms with E-state index in [1.807, 2.05) is 121 Å². The molecule has 0 aromatic heterocycles. The minimum absolute atomic E-state index is 0.801. The standard InChI is InChI=1S/C27H22N4/c1-5-13-22(14-6-1)26(23-15-7-2-8-16-23)30-28-21-29-31-27(24-17-9-3-10-18-24)25-19-11-4-12-20-25/h1-21H,(H,28,29). The molecule has 0 unspecified atom stereocenters. The predicted molar refractivity (Wildman–Crippen MR) is 129 cm³/mol. The largest absolute Gasteiger partial charge is 0.265 e. The second-order valence-corrected chi connectivity index (χ2v) is 6.75. The van der Waals surface area contributed by atoms with Gasteiger partial charge >= 0.3 is 0 Å². The Bertz CT molecular complexity index is 1080. The van der Waals surface area contributed by atoms with Crippen molar-refractivity contribution in [3.63, 3.8) is 0 Å². The number of benzene rings is 4. The van der Waals surface area contributed by atoms with E-state index in [0.29, 0.717) is 0 Å². The third kappa shape index (κ3) is 5.40. The van der Waals surface area contributed by atoms with Gasteiger partial charge in [0.05, 0.1) is 5.71 Å². The van der Waals surface area contributed by atoms with Gasteiger partial charge in [-0.3, -0.25) is 5.43 Å². The highest BCUT2D eigenvalue weighted by Crippen LogP contribution is 2.12. The van der Waals surface area contributed by atoms with Gasteiger partial charge in [-0.2, -0.15) is 5.10 Å². The summed E-state index contributed by atoms with van der Waals surface area (Å²) in [5, 5.41) is 13.2. The Hall–Kier alpha value is -4.31. The average Bonchev–Trinajstić information content (AvgIpc) is 2.86. The van der Waals surface area contributed by atoms with E-state index < -0.39 is 0 Å². The summed E-state index contributed by atoms with van der Waals surface area (Å²) in [7, 11) is 0. The van der Waals surface area contributed by atoms with Crippen molar-refractivity contribution < 1.29 is 0 Å². The van der Waals surface area contributed by atoms with Crippen LogP contribution in [0.1, 0.15) is 22.3 Å². The zero-order chi connectivity index (χ0) is 21.1. The first kappa shape index (κ1) is 20.0. The van der Waals surface area contributed by atoms with Gasteiger partial charge in [-0.05, 0) is 0 Å². The highest BCUT2D eigenvalue weighted by molar-refractivity contribution is 6.13. The number of rotatable bonds is 7. The minimum atomic E-state index is 0.801. The molecule has 0 aliphatic rings. The van der Waals surface area contributed by atoms with Crippen molar-refractivity contribution in [3.8, 4) is 0 Å². The Morgan fingerprint density at radius 1 is 0.484 bits per heavy atom. The van der Waals surface area contributed by atoms with Crippen molar-refractivity contribution in [1.82, 2.24) is 5.43 Å². The second-order valence-electron chi connectivity index (χ2n) is 6.75. The van der Waals surface area contributed by atoms with E-state index in [4.69, 9.17) is 0 Å². The van der Waals surface area contributed by atoms with E-state index in [0.717, 1.165) is 33.7 Å². The van der Waals surface area contributed by atoms with Crippen molar-refractivity contribution in [2.24, 2.45) is 15.3 Å². The lowest BCUT2D eigenvalue weighted by molar-refractivity contribution is 1.03.